The van der Waals surface area contributed by atoms with Crippen molar-refractivity contribution in [2.75, 3.05) is 6.61 Å². The summed E-state index contributed by atoms with van der Waals surface area (Å²) < 4.78 is 6.19. The highest BCUT2D eigenvalue weighted by molar-refractivity contribution is 5.92. The van der Waals surface area contributed by atoms with Crippen LogP contribution in [-0.4, -0.2) is 50.1 Å². The normalized spacial score (nSPS) is 31.2. The number of nitrogens with one attached hydrogen (secondary N) is 1. The summed E-state index contributed by atoms with van der Waals surface area (Å²) in [6.45, 7) is 1.60. The molecule has 0 aromatic carbocycles. The maximum atomic E-state index is 12.2. The van der Waals surface area contributed by atoms with E-state index in [-0.39, 0.29) is 0 Å². The van der Waals surface area contributed by atoms with Crippen LogP contribution in [0.5, 0.6) is 0 Å². The van der Waals surface area contributed by atoms with Crippen LogP contribution in [-0.2, 0) is 20.1 Å². The second-order valence-electron chi connectivity index (χ2n) is 5.15. The molecule has 1 aliphatic rings. The zero-order valence-electron chi connectivity index (χ0n) is 12.0. The van der Waals surface area contributed by atoms with Gasteiger partial charge in [-0.25, -0.2) is 4.79 Å². The van der Waals surface area contributed by atoms with E-state index in [4.69, 9.17) is 4.74 Å². The van der Waals surface area contributed by atoms with Gasteiger partial charge in [-0.3, -0.25) is 23.9 Å². The van der Waals surface area contributed by atoms with Gasteiger partial charge in [0.15, 0.2) is 5.78 Å². The molecule has 9 heteroatoms. The maximum Gasteiger partial charge on any atom is 0.331 e. The fraction of sp³-hybridized carbons (Fsp3) is 0.538. The van der Waals surface area contributed by atoms with Crippen molar-refractivity contribution in [1.29, 1.82) is 0 Å². The third-order valence-corrected chi connectivity index (χ3v) is 3.78. The minimum absolute atomic E-state index is 0.586. The van der Waals surface area contributed by atoms with Crippen LogP contribution < -0.4 is 11.2 Å². The Bertz CT molecular complexity index is 722. The number of Topliss-reactive ketones (excluding diaryl/α,β-unsaturated/α-hetero) is 2. The van der Waals surface area contributed by atoms with Crippen LogP contribution in [0.1, 0.15) is 13.8 Å². The van der Waals surface area contributed by atoms with Gasteiger partial charge in [0, 0.05) is 12.3 Å². The lowest BCUT2D eigenvalue weighted by Gasteiger charge is -2.32. The first-order valence-corrected chi connectivity index (χ1v) is 6.56. The smallest absolute Gasteiger partial charge is 0.331 e. The fourth-order valence-electron chi connectivity index (χ4n) is 2.84. The summed E-state index contributed by atoms with van der Waals surface area (Å²) in [5.74, 6) is -2.68. The van der Waals surface area contributed by atoms with Crippen LogP contribution in [0.15, 0.2) is 21.9 Å². The molecule has 0 bridgehead atoms. The van der Waals surface area contributed by atoms with Crippen LogP contribution in [0.25, 0.3) is 0 Å². The number of nitrogens with zero attached hydrogens (tertiary/aromatic N) is 1. The summed E-state index contributed by atoms with van der Waals surface area (Å²) in [4.78, 5) is 49.3. The lowest BCUT2D eigenvalue weighted by Crippen LogP contribution is -2.55. The molecule has 22 heavy (non-hydrogen) atoms. The first-order chi connectivity index (χ1) is 10.3. The van der Waals surface area contributed by atoms with E-state index in [2.05, 4.69) is 0 Å². The number of aliphatic hydroxyl groups is 2. The van der Waals surface area contributed by atoms with Crippen molar-refractivity contribution in [3.8, 4) is 0 Å². The molecule has 3 N–H and O–H groups in total. The molecule has 9 nitrogen and oxygen atoms in total. The number of carbonyl (C=O) groups excluding carboxylic acids is 2. The van der Waals surface area contributed by atoms with Crippen LogP contribution in [0.3, 0.4) is 0 Å². The zero-order valence-corrected chi connectivity index (χ0v) is 12.0. The van der Waals surface area contributed by atoms with E-state index >= 15 is 0 Å². The number of H-pyrrole nitrogens is 1. The summed E-state index contributed by atoms with van der Waals surface area (Å²) >= 11 is 0. The number of hydrogen-bond donors (Lipinski definition) is 3. The van der Waals surface area contributed by atoms with E-state index < -0.39 is 53.3 Å². The van der Waals surface area contributed by atoms with Crippen molar-refractivity contribution in [3.63, 3.8) is 0 Å². The molecule has 1 saturated heterocycles. The molecule has 4 atom stereocenters. The van der Waals surface area contributed by atoms with Crippen molar-refractivity contribution in [2.24, 2.45) is 5.92 Å². The predicted molar refractivity (Wildman–Crippen MR) is 72.1 cm³/mol. The van der Waals surface area contributed by atoms with Gasteiger partial charge >= 0.3 is 5.69 Å². The van der Waals surface area contributed by atoms with Gasteiger partial charge in [-0.2, -0.15) is 0 Å². The molecule has 0 saturated carbocycles. The Morgan fingerprint density at radius 1 is 1.41 bits per heavy atom. The first-order valence-electron chi connectivity index (χ1n) is 6.56. The fourth-order valence-corrected chi connectivity index (χ4v) is 2.84. The Labute approximate surface area is 124 Å². The number of ether oxygens (including phenoxy) is 1. The monoisotopic (exact) mass is 312 g/mol. The summed E-state index contributed by atoms with van der Waals surface area (Å²) in [6.07, 6.45) is -1.66. The highest BCUT2D eigenvalue weighted by Crippen LogP contribution is 2.41. The van der Waals surface area contributed by atoms with Gasteiger partial charge in [0.05, 0.1) is 12.7 Å². The Morgan fingerprint density at radius 3 is 2.50 bits per heavy atom. The number of carbonyl (C=O) groups is 2. The molecule has 0 aliphatic carbocycles. The Balaban J connectivity index is 2.76. The Hall–Kier alpha value is -2.10. The third-order valence-electron chi connectivity index (χ3n) is 3.78. The van der Waals surface area contributed by atoms with Crippen LogP contribution >= 0.6 is 0 Å². The van der Waals surface area contributed by atoms with Crippen molar-refractivity contribution < 1.29 is 24.5 Å². The van der Waals surface area contributed by atoms with Gasteiger partial charge < -0.3 is 14.9 Å². The Morgan fingerprint density at radius 2 is 2.05 bits per heavy atom. The minimum atomic E-state index is -2.11. The molecule has 2 rings (SSSR count). The van der Waals surface area contributed by atoms with Crippen molar-refractivity contribution >= 4 is 11.6 Å². The van der Waals surface area contributed by atoms with Gasteiger partial charge in [-0.1, -0.05) is 0 Å². The van der Waals surface area contributed by atoms with Crippen LogP contribution in [0.4, 0.5) is 0 Å². The van der Waals surface area contributed by atoms with E-state index in [0.717, 1.165) is 30.7 Å². The second kappa shape index (κ2) is 5.59. The van der Waals surface area contributed by atoms with E-state index in [0.29, 0.717) is 0 Å². The highest BCUT2D eigenvalue weighted by atomic mass is 16.6. The third kappa shape index (κ3) is 2.23. The molecular weight excluding hydrogens is 296 g/mol. The highest BCUT2D eigenvalue weighted by Gasteiger charge is 2.61. The van der Waals surface area contributed by atoms with Gasteiger partial charge in [-0.05, 0) is 13.8 Å². The SMILES string of the molecule is CC(=O)C1[C@H](O)[C@@H](CO)O[C@@]1(C(C)=O)n1ccc(=O)[nH]c1=O. The average molecular weight is 312 g/mol. The summed E-state index contributed by atoms with van der Waals surface area (Å²) in [5, 5.41) is 19.4. The van der Waals surface area contributed by atoms with Crippen LogP contribution in [0.2, 0.25) is 0 Å². The summed E-state index contributed by atoms with van der Waals surface area (Å²) in [6, 6.07) is 0.991. The number of aliphatic hydroxyl groups excluding tert-OH is 2. The predicted octanol–water partition coefficient (Wildman–Crippen LogP) is -2.26. The molecule has 2 heterocycles. The molecule has 120 valence electrons. The standard InChI is InChI=1S/C13H16N2O7/c1-6(17)10-11(20)8(5-16)22-13(10,7(2)18)15-4-3-9(19)14-12(15)21/h3-4,8,10-11,16,20H,5H2,1-2H3,(H,14,19,21)/t8-,10?,11-,13-/m1/s1. The van der Waals surface area contributed by atoms with Crippen molar-refractivity contribution in [2.45, 2.75) is 31.8 Å². The number of aromatic nitrogens is 2. The zero-order chi connectivity index (χ0) is 16.7. The molecule has 0 radical (unpaired) electrons. The molecule has 1 aromatic heterocycles. The number of aromatic amines is 1. The minimum Gasteiger partial charge on any atom is -0.394 e. The molecular formula is C13H16N2O7. The quantitative estimate of drug-likeness (QED) is 0.570. The van der Waals surface area contributed by atoms with Gasteiger partial charge in [0.2, 0.25) is 5.72 Å². The van der Waals surface area contributed by atoms with Gasteiger partial charge in [-0.15, -0.1) is 0 Å². The largest absolute Gasteiger partial charge is 0.394 e. The molecule has 0 amide bonds. The van der Waals surface area contributed by atoms with E-state index in [1.807, 2.05) is 4.98 Å². The van der Waals surface area contributed by atoms with Gasteiger partial charge in [0.25, 0.3) is 5.56 Å². The lowest BCUT2D eigenvalue weighted by molar-refractivity contribution is -0.169. The van der Waals surface area contributed by atoms with E-state index in [9.17, 15) is 29.4 Å². The number of rotatable bonds is 4. The number of ketones is 2. The first kappa shape index (κ1) is 16.3. The maximum absolute atomic E-state index is 12.2. The van der Waals surface area contributed by atoms with Crippen molar-refractivity contribution in [3.05, 3.63) is 33.1 Å². The molecule has 1 aliphatic heterocycles. The van der Waals surface area contributed by atoms with E-state index in [1.54, 1.807) is 0 Å². The van der Waals surface area contributed by atoms with Crippen LogP contribution in [0, 0.1) is 5.92 Å². The summed E-state index contributed by atoms with van der Waals surface area (Å²) in [5.41, 5.74) is -3.75. The summed E-state index contributed by atoms with van der Waals surface area (Å²) in [7, 11) is 0. The van der Waals surface area contributed by atoms with E-state index in [1.165, 1.54) is 0 Å². The second-order valence-corrected chi connectivity index (χ2v) is 5.15. The average Bonchev–Trinajstić information content (AvgIpc) is 2.72. The topological polar surface area (TPSA) is 139 Å². The van der Waals surface area contributed by atoms with Gasteiger partial charge in [0.1, 0.15) is 17.8 Å². The van der Waals surface area contributed by atoms with Crippen molar-refractivity contribution in [1.82, 2.24) is 9.55 Å². The Kier molecular flexibility index (Phi) is 4.14. The lowest BCUT2D eigenvalue weighted by atomic mass is 9.85. The molecule has 1 unspecified atom stereocenters. The molecule has 0 spiro atoms. The number of hydrogen-bond acceptors (Lipinski definition) is 7. The molecule has 1 fully saturated rings. The molecule has 1 aromatic rings.